The van der Waals surface area contributed by atoms with Gasteiger partial charge in [0, 0.05) is 6.54 Å². The molecule has 2 aromatic carbocycles. The molecule has 0 amide bonds. The minimum atomic E-state index is 0.510. The summed E-state index contributed by atoms with van der Waals surface area (Å²) in [6.45, 7) is 0.510. The Balaban J connectivity index is 2.78. The Morgan fingerprint density at radius 1 is 1.21 bits per heavy atom. The second-order valence-electron chi connectivity index (χ2n) is 3.18. The summed E-state index contributed by atoms with van der Waals surface area (Å²) in [5.74, 6) is 0. The van der Waals surface area contributed by atoms with Crippen molar-refractivity contribution in [3.05, 3.63) is 47.5 Å². The highest BCUT2D eigenvalue weighted by molar-refractivity contribution is 5.88. The highest BCUT2D eigenvalue weighted by Gasteiger charge is 2.00. The highest BCUT2D eigenvalue weighted by Crippen LogP contribution is 2.19. The van der Waals surface area contributed by atoms with Crippen molar-refractivity contribution in [3.8, 4) is 6.07 Å². The highest BCUT2D eigenvalue weighted by atomic mass is 14.5. The van der Waals surface area contributed by atoms with Crippen LogP contribution in [0, 0.1) is 11.3 Å². The van der Waals surface area contributed by atoms with Crippen LogP contribution >= 0.6 is 0 Å². The minimum Gasteiger partial charge on any atom is -0.326 e. The molecule has 0 atom stereocenters. The second kappa shape index (κ2) is 3.49. The number of benzene rings is 2. The molecule has 0 saturated carbocycles. The average molecular weight is 182 g/mol. The van der Waals surface area contributed by atoms with Gasteiger partial charge < -0.3 is 5.73 Å². The lowest BCUT2D eigenvalue weighted by molar-refractivity contribution is 1.08. The topological polar surface area (TPSA) is 49.8 Å². The van der Waals surface area contributed by atoms with Crippen molar-refractivity contribution in [3.63, 3.8) is 0 Å². The maximum absolute atomic E-state index is 8.92. The fourth-order valence-corrected chi connectivity index (χ4v) is 1.54. The maximum atomic E-state index is 8.92. The smallest absolute Gasteiger partial charge is 0.0998 e. The molecule has 68 valence electrons. The molecule has 2 aromatic rings. The first-order valence-electron chi connectivity index (χ1n) is 4.47. The zero-order chi connectivity index (χ0) is 9.97. The molecule has 2 heteroatoms. The van der Waals surface area contributed by atoms with Crippen LogP contribution in [0.1, 0.15) is 11.1 Å². The van der Waals surface area contributed by atoms with Crippen molar-refractivity contribution in [1.29, 1.82) is 5.26 Å². The van der Waals surface area contributed by atoms with Crippen LogP contribution in [0.2, 0.25) is 0 Å². The number of rotatable bonds is 1. The van der Waals surface area contributed by atoms with E-state index in [4.69, 9.17) is 11.0 Å². The van der Waals surface area contributed by atoms with Crippen LogP contribution < -0.4 is 5.73 Å². The molecule has 0 heterocycles. The maximum Gasteiger partial charge on any atom is 0.0998 e. The van der Waals surface area contributed by atoms with Gasteiger partial charge in [0.15, 0.2) is 0 Å². The van der Waals surface area contributed by atoms with E-state index >= 15 is 0 Å². The van der Waals surface area contributed by atoms with Crippen LogP contribution in [0.3, 0.4) is 0 Å². The molecule has 0 aliphatic heterocycles. The second-order valence-corrected chi connectivity index (χ2v) is 3.18. The van der Waals surface area contributed by atoms with Crippen LogP contribution in [-0.4, -0.2) is 0 Å². The lowest BCUT2D eigenvalue weighted by Gasteiger charge is -2.02. The van der Waals surface area contributed by atoms with E-state index in [1.165, 1.54) is 0 Å². The Kier molecular flexibility index (Phi) is 2.18. The summed E-state index contributed by atoms with van der Waals surface area (Å²) in [7, 11) is 0. The lowest BCUT2D eigenvalue weighted by atomic mass is 10.0. The van der Waals surface area contributed by atoms with E-state index in [0.717, 1.165) is 16.3 Å². The number of fused-ring (bicyclic) bond motifs is 1. The van der Waals surface area contributed by atoms with Crippen molar-refractivity contribution >= 4 is 10.8 Å². The monoisotopic (exact) mass is 182 g/mol. The van der Waals surface area contributed by atoms with Crippen molar-refractivity contribution in [2.45, 2.75) is 6.54 Å². The van der Waals surface area contributed by atoms with Crippen molar-refractivity contribution in [1.82, 2.24) is 0 Å². The van der Waals surface area contributed by atoms with E-state index in [9.17, 15) is 0 Å². The summed E-state index contributed by atoms with van der Waals surface area (Å²) in [6.07, 6.45) is 0. The van der Waals surface area contributed by atoms with Gasteiger partial charge in [-0.05, 0) is 28.5 Å². The molecule has 0 saturated heterocycles. The van der Waals surface area contributed by atoms with Crippen LogP contribution in [0.25, 0.3) is 10.8 Å². The molecular weight excluding hydrogens is 172 g/mol. The van der Waals surface area contributed by atoms with Gasteiger partial charge in [0.1, 0.15) is 0 Å². The van der Waals surface area contributed by atoms with Gasteiger partial charge >= 0.3 is 0 Å². The summed E-state index contributed by atoms with van der Waals surface area (Å²) >= 11 is 0. The third kappa shape index (κ3) is 1.34. The first kappa shape index (κ1) is 8.74. The third-order valence-corrected chi connectivity index (χ3v) is 2.30. The normalized spacial score (nSPS) is 10.0. The van der Waals surface area contributed by atoms with Crippen molar-refractivity contribution < 1.29 is 0 Å². The quantitative estimate of drug-likeness (QED) is 0.734. The molecule has 2 nitrogen and oxygen atoms in total. The van der Waals surface area contributed by atoms with Gasteiger partial charge in [-0.25, -0.2) is 0 Å². The number of nitriles is 1. The lowest BCUT2D eigenvalue weighted by Crippen LogP contribution is -1.95. The number of hydrogen-bond donors (Lipinski definition) is 1. The molecule has 2 N–H and O–H groups in total. The molecule has 2 rings (SSSR count). The zero-order valence-corrected chi connectivity index (χ0v) is 7.70. The fourth-order valence-electron chi connectivity index (χ4n) is 1.54. The van der Waals surface area contributed by atoms with E-state index in [0.29, 0.717) is 12.1 Å². The van der Waals surface area contributed by atoms with Gasteiger partial charge in [-0.2, -0.15) is 5.26 Å². The Bertz CT molecular complexity index is 509. The Morgan fingerprint density at radius 3 is 2.79 bits per heavy atom. The summed E-state index contributed by atoms with van der Waals surface area (Å²) in [4.78, 5) is 0. The summed E-state index contributed by atoms with van der Waals surface area (Å²) < 4.78 is 0. The molecular formula is C12H10N2. The Labute approximate surface area is 82.6 Å². The molecule has 0 aliphatic rings. The van der Waals surface area contributed by atoms with Gasteiger partial charge in [-0.1, -0.05) is 24.3 Å². The number of nitrogens with two attached hydrogens (primary N) is 1. The van der Waals surface area contributed by atoms with Gasteiger partial charge in [-0.15, -0.1) is 0 Å². The van der Waals surface area contributed by atoms with Crippen LogP contribution in [0.4, 0.5) is 0 Å². The first-order valence-corrected chi connectivity index (χ1v) is 4.47. The largest absolute Gasteiger partial charge is 0.326 e. The predicted molar refractivity (Wildman–Crippen MR) is 56.6 cm³/mol. The molecule has 0 aromatic heterocycles. The molecule has 0 unspecified atom stereocenters. The van der Waals surface area contributed by atoms with Crippen LogP contribution in [0.15, 0.2) is 36.4 Å². The van der Waals surface area contributed by atoms with Gasteiger partial charge in [0.2, 0.25) is 0 Å². The molecule has 0 aliphatic carbocycles. The zero-order valence-electron chi connectivity index (χ0n) is 7.70. The number of nitrogens with zero attached hydrogens (tertiary/aromatic N) is 1. The first-order chi connectivity index (χ1) is 6.85. The summed E-state index contributed by atoms with van der Waals surface area (Å²) in [6, 6.07) is 13.9. The van der Waals surface area contributed by atoms with Crippen LogP contribution in [-0.2, 0) is 6.54 Å². The molecule has 0 radical (unpaired) electrons. The average Bonchev–Trinajstić information content (AvgIpc) is 2.27. The molecule has 0 fully saturated rings. The predicted octanol–water partition coefficient (Wildman–Crippen LogP) is 2.17. The van der Waals surface area contributed by atoms with Gasteiger partial charge in [-0.3, -0.25) is 0 Å². The fraction of sp³-hybridized carbons (Fsp3) is 0.0833. The SMILES string of the molecule is N#Cc1cccc2ccc(CN)cc12. The summed E-state index contributed by atoms with van der Waals surface area (Å²) in [5, 5.41) is 11.0. The van der Waals surface area contributed by atoms with Gasteiger partial charge in [0.05, 0.1) is 11.6 Å². The molecule has 0 bridgehead atoms. The van der Waals surface area contributed by atoms with E-state index in [2.05, 4.69) is 6.07 Å². The Morgan fingerprint density at radius 2 is 2.07 bits per heavy atom. The van der Waals surface area contributed by atoms with Crippen molar-refractivity contribution in [2.24, 2.45) is 5.73 Å². The van der Waals surface area contributed by atoms with E-state index in [1.807, 2.05) is 36.4 Å². The van der Waals surface area contributed by atoms with Gasteiger partial charge in [0.25, 0.3) is 0 Å². The van der Waals surface area contributed by atoms with Crippen molar-refractivity contribution in [2.75, 3.05) is 0 Å². The van der Waals surface area contributed by atoms with Crippen LogP contribution in [0.5, 0.6) is 0 Å². The van der Waals surface area contributed by atoms with E-state index in [-0.39, 0.29) is 0 Å². The minimum absolute atomic E-state index is 0.510. The van der Waals surface area contributed by atoms with E-state index in [1.54, 1.807) is 0 Å². The third-order valence-electron chi connectivity index (χ3n) is 2.30. The number of hydrogen-bond acceptors (Lipinski definition) is 2. The molecule has 14 heavy (non-hydrogen) atoms. The summed E-state index contributed by atoms with van der Waals surface area (Å²) in [5.41, 5.74) is 7.31. The standard InChI is InChI=1S/C12H10N2/c13-7-9-4-5-10-2-1-3-11(8-14)12(10)6-9/h1-6H,7,13H2. The molecule has 0 spiro atoms. The Hall–Kier alpha value is -1.85. The van der Waals surface area contributed by atoms with E-state index < -0.39 is 0 Å².